The minimum Gasteiger partial charge on any atom is -0.330 e. The summed E-state index contributed by atoms with van der Waals surface area (Å²) in [5.41, 5.74) is 6.42. The van der Waals surface area contributed by atoms with E-state index in [1.807, 2.05) is 0 Å². The van der Waals surface area contributed by atoms with Crippen LogP contribution in [0, 0.1) is 0 Å². The van der Waals surface area contributed by atoms with Crippen LogP contribution in [0.25, 0.3) is 11.0 Å². The molecule has 0 radical (unpaired) electrons. The van der Waals surface area contributed by atoms with Gasteiger partial charge in [0, 0.05) is 25.1 Å². The largest absolute Gasteiger partial charge is 0.330 e. The second-order valence-electron chi connectivity index (χ2n) is 5.07. The minimum absolute atomic E-state index is 0. The molecule has 130 valence electrons. The smallest absolute Gasteiger partial charge is 0.328 e. The summed E-state index contributed by atoms with van der Waals surface area (Å²) in [6.45, 7) is 0.862. The molecule has 10 heteroatoms. The van der Waals surface area contributed by atoms with Crippen molar-refractivity contribution in [3.8, 4) is 0 Å². The molecule has 2 rings (SSSR count). The molecule has 7 nitrogen and oxygen atoms in total. The number of sulfonamides is 1. The van der Waals surface area contributed by atoms with Crippen LogP contribution in [0.15, 0.2) is 26.3 Å². The topological polar surface area (TPSA) is 99.1 Å². The van der Waals surface area contributed by atoms with Crippen LogP contribution >= 0.6 is 28.3 Å². The maximum absolute atomic E-state index is 12.4. The summed E-state index contributed by atoms with van der Waals surface area (Å²) in [6, 6.07) is 3.15. The number of aromatic nitrogens is 2. The third-order valence-electron chi connectivity index (χ3n) is 3.54. The van der Waals surface area contributed by atoms with Crippen LogP contribution in [-0.4, -0.2) is 30.6 Å². The standard InChI is InChI=1S/C13H19BrN4O3S.ClH/c1-17-10-7-9(14)12(8-11(10)18(2)13(17)19)22(20,21)16-6-4-3-5-15;/h7-8,16H,3-6,15H2,1-2H3;1H. The van der Waals surface area contributed by atoms with E-state index in [-0.39, 0.29) is 23.0 Å². The predicted molar refractivity (Wildman–Crippen MR) is 96.6 cm³/mol. The van der Waals surface area contributed by atoms with Crippen molar-refractivity contribution >= 4 is 49.4 Å². The number of nitrogens with zero attached hydrogens (tertiary/aromatic N) is 2. The molecule has 0 spiro atoms. The molecule has 0 saturated heterocycles. The van der Waals surface area contributed by atoms with Crippen LogP contribution in [-0.2, 0) is 24.1 Å². The molecule has 1 aromatic heterocycles. The highest BCUT2D eigenvalue weighted by atomic mass is 79.9. The molecule has 0 bridgehead atoms. The Kier molecular flexibility index (Phi) is 6.84. The van der Waals surface area contributed by atoms with Gasteiger partial charge in [0.1, 0.15) is 0 Å². The number of halogens is 2. The van der Waals surface area contributed by atoms with Crippen LogP contribution in [0.5, 0.6) is 0 Å². The Hall–Kier alpha value is -0.870. The average Bonchev–Trinajstić information content (AvgIpc) is 2.67. The van der Waals surface area contributed by atoms with Crippen molar-refractivity contribution in [3.63, 3.8) is 0 Å². The Balaban J connectivity index is 0.00000264. The molecule has 0 atom stereocenters. The molecule has 23 heavy (non-hydrogen) atoms. The van der Waals surface area contributed by atoms with Gasteiger partial charge in [0.25, 0.3) is 0 Å². The number of fused-ring (bicyclic) bond motifs is 1. The molecule has 2 aromatic rings. The summed E-state index contributed by atoms with van der Waals surface area (Å²) in [7, 11) is -0.382. The quantitative estimate of drug-likeness (QED) is 0.674. The molecule has 0 aliphatic heterocycles. The van der Waals surface area contributed by atoms with Crippen molar-refractivity contribution < 1.29 is 8.42 Å². The van der Waals surface area contributed by atoms with Gasteiger partial charge >= 0.3 is 5.69 Å². The average molecular weight is 428 g/mol. The summed E-state index contributed by atoms with van der Waals surface area (Å²) >= 11 is 3.28. The van der Waals surface area contributed by atoms with Gasteiger partial charge in [-0.2, -0.15) is 0 Å². The van der Waals surface area contributed by atoms with Gasteiger partial charge in [-0.05, 0) is 47.4 Å². The first-order valence-electron chi connectivity index (χ1n) is 6.84. The monoisotopic (exact) mass is 426 g/mol. The van der Waals surface area contributed by atoms with Crippen LogP contribution in [0.1, 0.15) is 12.8 Å². The summed E-state index contributed by atoms with van der Waals surface area (Å²) in [5.74, 6) is 0. The van der Waals surface area contributed by atoms with Crippen LogP contribution in [0.2, 0.25) is 0 Å². The van der Waals surface area contributed by atoms with Gasteiger partial charge in [-0.25, -0.2) is 17.9 Å². The van der Waals surface area contributed by atoms with Gasteiger partial charge in [-0.1, -0.05) is 0 Å². The first-order valence-corrected chi connectivity index (χ1v) is 9.12. The summed E-state index contributed by atoms with van der Waals surface area (Å²) < 4.78 is 30.7. The van der Waals surface area contributed by atoms with Crippen LogP contribution in [0.3, 0.4) is 0 Å². The lowest BCUT2D eigenvalue weighted by molar-refractivity contribution is 0.576. The Morgan fingerprint density at radius 2 is 1.74 bits per heavy atom. The van der Waals surface area contributed by atoms with Gasteiger partial charge in [-0.3, -0.25) is 9.13 Å². The van der Waals surface area contributed by atoms with Gasteiger partial charge in [0.05, 0.1) is 15.9 Å². The highest BCUT2D eigenvalue weighted by Crippen LogP contribution is 2.27. The maximum atomic E-state index is 12.4. The minimum atomic E-state index is -3.65. The molecule has 0 unspecified atom stereocenters. The molecule has 1 aromatic carbocycles. The van der Waals surface area contributed by atoms with E-state index in [0.717, 1.165) is 6.42 Å². The number of benzene rings is 1. The van der Waals surface area contributed by atoms with Gasteiger partial charge < -0.3 is 5.73 Å². The third-order valence-corrected chi connectivity index (χ3v) is 5.96. The fraction of sp³-hybridized carbons (Fsp3) is 0.462. The SMILES string of the molecule is Cl.Cn1c(=O)n(C)c2cc(S(=O)(=O)NCCCCN)c(Br)cc21. The number of rotatable bonds is 6. The van der Waals surface area contributed by atoms with Crippen molar-refractivity contribution in [1.82, 2.24) is 13.9 Å². The maximum Gasteiger partial charge on any atom is 0.328 e. The van der Waals surface area contributed by atoms with Crippen LogP contribution < -0.4 is 16.1 Å². The molecule has 1 heterocycles. The lowest BCUT2D eigenvalue weighted by Gasteiger charge is -2.09. The van der Waals surface area contributed by atoms with Crippen molar-refractivity contribution in [2.24, 2.45) is 19.8 Å². The number of imidazole rings is 1. The lowest BCUT2D eigenvalue weighted by atomic mass is 10.3. The van der Waals surface area contributed by atoms with E-state index in [4.69, 9.17) is 5.73 Å². The van der Waals surface area contributed by atoms with E-state index in [1.54, 1.807) is 20.2 Å². The predicted octanol–water partition coefficient (Wildman–Crippen LogP) is 1.08. The van der Waals surface area contributed by atoms with Crippen LogP contribution in [0.4, 0.5) is 0 Å². The molecular formula is C13H20BrClN4O3S. The van der Waals surface area contributed by atoms with E-state index in [1.165, 1.54) is 15.2 Å². The first-order chi connectivity index (χ1) is 10.3. The lowest BCUT2D eigenvalue weighted by Crippen LogP contribution is -2.25. The van der Waals surface area contributed by atoms with Gasteiger partial charge in [0.15, 0.2) is 0 Å². The molecule has 3 N–H and O–H groups in total. The van der Waals surface area contributed by atoms with Crippen molar-refractivity contribution in [1.29, 1.82) is 0 Å². The molecule has 0 aliphatic rings. The number of hydrogen-bond acceptors (Lipinski definition) is 4. The number of nitrogens with one attached hydrogen (secondary N) is 1. The number of aryl methyl sites for hydroxylation is 2. The number of unbranched alkanes of at least 4 members (excludes halogenated alkanes) is 1. The molecular weight excluding hydrogens is 408 g/mol. The molecule has 0 aliphatic carbocycles. The summed E-state index contributed by atoms with van der Waals surface area (Å²) in [6.07, 6.45) is 1.44. The molecule has 0 amide bonds. The second-order valence-corrected chi connectivity index (χ2v) is 7.66. The number of nitrogens with two attached hydrogens (primary N) is 1. The molecule has 0 fully saturated rings. The summed E-state index contributed by atoms with van der Waals surface area (Å²) in [5, 5.41) is 0. The summed E-state index contributed by atoms with van der Waals surface area (Å²) in [4.78, 5) is 12.1. The highest BCUT2D eigenvalue weighted by molar-refractivity contribution is 9.10. The van der Waals surface area contributed by atoms with Crippen molar-refractivity contribution in [2.75, 3.05) is 13.1 Å². The fourth-order valence-electron chi connectivity index (χ4n) is 2.26. The van der Waals surface area contributed by atoms with E-state index < -0.39 is 10.0 Å². The Bertz CT molecular complexity index is 860. The molecule has 0 saturated carbocycles. The Morgan fingerprint density at radius 3 is 2.30 bits per heavy atom. The van der Waals surface area contributed by atoms with Crippen molar-refractivity contribution in [3.05, 3.63) is 27.1 Å². The fourth-order valence-corrected chi connectivity index (χ4v) is 4.38. The van der Waals surface area contributed by atoms with Crippen molar-refractivity contribution in [2.45, 2.75) is 17.7 Å². The van der Waals surface area contributed by atoms with Gasteiger partial charge in [0.2, 0.25) is 10.0 Å². The zero-order valence-corrected chi connectivity index (χ0v) is 16.1. The Labute approximate surface area is 149 Å². The highest BCUT2D eigenvalue weighted by Gasteiger charge is 2.20. The first kappa shape index (κ1) is 20.2. The van der Waals surface area contributed by atoms with E-state index in [0.29, 0.717) is 35.0 Å². The zero-order valence-electron chi connectivity index (χ0n) is 12.9. The zero-order chi connectivity index (χ0) is 16.5. The van der Waals surface area contributed by atoms with Gasteiger partial charge in [-0.15, -0.1) is 12.4 Å². The van der Waals surface area contributed by atoms with E-state index >= 15 is 0 Å². The second kappa shape index (κ2) is 7.80. The van der Waals surface area contributed by atoms with E-state index in [2.05, 4.69) is 20.7 Å². The number of hydrogen-bond donors (Lipinski definition) is 2. The normalized spacial score (nSPS) is 11.7. The van der Waals surface area contributed by atoms with E-state index in [9.17, 15) is 13.2 Å². The third kappa shape index (κ3) is 3.97. The Morgan fingerprint density at radius 1 is 1.17 bits per heavy atom.